The number of hydrogen-bond acceptors (Lipinski definition) is 4. The van der Waals surface area contributed by atoms with Crippen LogP contribution in [-0.2, 0) is 13.5 Å². The highest BCUT2D eigenvalue weighted by molar-refractivity contribution is 5.64. The van der Waals surface area contributed by atoms with Crippen molar-refractivity contribution in [1.82, 2.24) is 9.78 Å². The molecule has 2 aromatic rings. The molecule has 0 bridgehead atoms. The summed E-state index contributed by atoms with van der Waals surface area (Å²) in [5.41, 5.74) is 2.46. The third-order valence-corrected chi connectivity index (χ3v) is 3.04. The van der Waals surface area contributed by atoms with Crippen molar-refractivity contribution in [2.75, 3.05) is 11.9 Å². The van der Waals surface area contributed by atoms with Crippen LogP contribution in [0.25, 0.3) is 0 Å². The van der Waals surface area contributed by atoms with Crippen LogP contribution in [0.4, 0.5) is 11.4 Å². The van der Waals surface area contributed by atoms with Crippen LogP contribution in [0.2, 0.25) is 0 Å². The summed E-state index contributed by atoms with van der Waals surface area (Å²) in [4.78, 5) is 10.7. The zero-order valence-electron chi connectivity index (χ0n) is 11.0. The molecule has 0 unspecified atom stereocenters. The summed E-state index contributed by atoms with van der Waals surface area (Å²) in [6, 6.07) is 7.22. The van der Waals surface area contributed by atoms with E-state index in [1.165, 1.54) is 0 Å². The number of para-hydroxylation sites is 1. The van der Waals surface area contributed by atoms with Gasteiger partial charge in [-0.2, -0.15) is 5.10 Å². The molecule has 0 radical (unpaired) electrons. The van der Waals surface area contributed by atoms with E-state index in [1.54, 1.807) is 29.9 Å². The van der Waals surface area contributed by atoms with Crippen LogP contribution in [-0.4, -0.2) is 21.2 Å². The molecule has 0 fully saturated rings. The molecule has 0 aliphatic carbocycles. The van der Waals surface area contributed by atoms with E-state index in [-0.39, 0.29) is 10.6 Å². The Kier molecular flexibility index (Phi) is 3.79. The smallest absolute Gasteiger partial charge is 0.295 e. The summed E-state index contributed by atoms with van der Waals surface area (Å²) in [5.74, 6) is 0. The van der Waals surface area contributed by atoms with Gasteiger partial charge >= 0.3 is 0 Å². The summed E-state index contributed by atoms with van der Waals surface area (Å²) in [6.45, 7) is 2.37. The van der Waals surface area contributed by atoms with Crippen molar-refractivity contribution in [1.29, 1.82) is 0 Å². The topological polar surface area (TPSA) is 73.0 Å². The van der Waals surface area contributed by atoms with Gasteiger partial charge in [-0.05, 0) is 19.1 Å². The van der Waals surface area contributed by atoms with E-state index in [0.29, 0.717) is 17.8 Å². The largest absolute Gasteiger partial charge is 0.379 e. The van der Waals surface area contributed by atoms with Gasteiger partial charge in [0.1, 0.15) is 5.69 Å². The van der Waals surface area contributed by atoms with Crippen LogP contribution >= 0.6 is 0 Å². The lowest BCUT2D eigenvalue weighted by Crippen LogP contribution is -2.10. The number of aryl methyl sites for hydroxylation is 2. The first-order valence-corrected chi connectivity index (χ1v) is 6.04. The number of anilines is 1. The van der Waals surface area contributed by atoms with Crippen LogP contribution in [0.1, 0.15) is 11.3 Å². The molecule has 1 heterocycles. The average Bonchev–Trinajstić information content (AvgIpc) is 2.75. The predicted octanol–water partition coefficient (Wildman–Crippen LogP) is 2.29. The quantitative estimate of drug-likeness (QED) is 0.661. The Balaban J connectivity index is 2.06. The van der Waals surface area contributed by atoms with Gasteiger partial charge < -0.3 is 5.32 Å². The molecule has 6 heteroatoms. The minimum atomic E-state index is -0.345. The van der Waals surface area contributed by atoms with Gasteiger partial charge in [-0.3, -0.25) is 14.8 Å². The highest BCUT2D eigenvalue weighted by Crippen LogP contribution is 2.27. The van der Waals surface area contributed by atoms with Gasteiger partial charge in [0.05, 0.1) is 4.92 Å². The standard InChI is InChI=1S/C13H16N4O2/c1-10-4-3-5-12(13(10)17(18)19)14-8-6-11-7-9-15-16(11)2/h3-5,7,9,14H,6,8H2,1-2H3. The zero-order chi connectivity index (χ0) is 13.8. The number of benzene rings is 1. The van der Waals surface area contributed by atoms with Gasteiger partial charge in [0, 0.05) is 37.5 Å². The number of nitro benzene ring substituents is 1. The molecule has 0 aliphatic rings. The average molecular weight is 260 g/mol. The maximum atomic E-state index is 11.0. The van der Waals surface area contributed by atoms with Crippen molar-refractivity contribution in [3.63, 3.8) is 0 Å². The first kappa shape index (κ1) is 13.1. The monoisotopic (exact) mass is 260 g/mol. The molecule has 0 atom stereocenters. The summed E-state index contributed by atoms with van der Waals surface area (Å²) < 4.78 is 1.80. The van der Waals surface area contributed by atoms with Gasteiger partial charge in [-0.15, -0.1) is 0 Å². The minimum Gasteiger partial charge on any atom is -0.379 e. The van der Waals surface area contributed by atoms with Gasteiger partial charge in [0.25, 0.3) is 5.69 Å². The summed E-state index contributed by atoms with van der Waals surface area (Å²) >= 11 is 0. The molecule has 0 spiro atoms. The molecule has 1 aromatic heterocycles. The van der Waals surface area contributed by atoms with Crippen molar-refractivity contribution in [2.45, 2.75) is 13.3 Å². The molecule has 0 saturated heterocycles. The summed E-state index contributed by atoms with van der Waals surface area (Å²) in [6.07, 6.45) is 2.51. The molecular weight excluding hydrogens is 244 g/mol. The molecule has 100 valence electrons. The van der Waals surface area contributed by atoms with Gasteiger partial charge in [-0.1, -0.05) is 12.1 Å². The van der Waals surface area contributed by atoms with E-state index < -0.39 is 0 Å². The number of rotatable bonds is 5. The number of nitrogens with zero attached hydrogens (tertiary/aromatic N) is 3. The molecule has 0 saturated carbocycles. The molecular formula is C13H16N4O2. The lowest BCUT2D eigenvalue weighted by molar-refractivity contribution is -0.384. The van der Waals surface area contributed by atoms with Crippen LogP contribution in [0, 0.1) is 17.0 Å². The van der Waals surface area contributed by atoms with Crippen molar-refractivity contribution in [3.8, 4) is 0 Å². The van der Waals surface area contributed by atoms with Crippen LogP contribution in [0.5, 0.6) is 0 Å². The number of aromatic nitrogens is 2. The fourth-order valence-corrected chi connectivity index (χ4v) is 2.02. The fourth-order valence-electron chi connectivity index (χ4n) is 2.02. The minimum absolute atomic E-state index is 0.146. The fraction of sp³-hybridized carbons (Fsp3) is 0.308. The first-order valence-electron chi connectivity index (χ1n) is 6.04. The highest BCUT2D eigenvalue weighted by atomic mass is 16.6. The van der Waals surface area contributed by atoms with Gasteiger partial charge in [-0.25, -0.2) is 0 Å². The predicted molar refractivity (Wildman–Crippen MR) is 73.2 cm³/mol. The Morgan fingerprint density at radius 2 is 2.21 bits per heavy atom. The molecule has 19 heavy (non-hydrogen) atoms. The number of nitro groups is 1. The van der Waals surface area contributed by atoms with Crippen molar-refractivity contribution >= 4 is 11.4 Å². The summed E-state index contributed by atoms with van der Waals surface area (Å²) in [5, 5.41) is 18.2. The molecule has 1 N–H and O–H groups in total. The molecule has 0 aliphatic heterocycles. The number of nitrogens with one attached hydrogen (secondary N) is 1. The van der Waals surface area contributed by atoms with E-state index in [0.717, 1.165) is 12.1 Å². The van der Waals surface area contributed by atoms with E-state index in [4.69, 9.17) is 0 Å². The van der Waals surface area contributed by atoms with Gasteiger partial charge in [0.15, 0.2) is 0 Å². The molecule has 1 aromatic carbocycles. The Hall–Kier alpha value is -2.37. The van der Waals surface area contributed by atoms with Crippen molar-refractivity contribution in [2.24, 2.45) is 7.05 Å². The maximum Gasteiger partial charge on any atom is 0.295 e. The molecule has 2 rings (SSSR count). The van der Waals surface area contributed by atoms with Gasteiger partial charge in [0.2, 0.25) is 0 Å². The van der Waals surface area contributed by atoms with E-state index >= 15 is 0 Å². The SMILES string of the molecule is Cc1cccc(NCCc2ccnn2C)c1[N+](=O)[O-]. The lowest BCUT2D eigenvalue weighted by Gasteiger charge is -2.08. The van der Waals surface area contributed by atoms with E-state index in [9.17, 15) is 10.1 Å². The Bertz CT molecular complexity index is 592. The Morgan fingerprint density at radius 3 is 2.84 bits per heavy atom. The second-order valence-electron chi connectivity index (χ2n) is 4.35. The Labute approximate surface area is 111 Å². The Morgan fingerprint density at radius 1 is 1.42 bits per heavy atom. The molecule has 0 amide bonds. The zero-order valence-corrected chi connectivity index (χ0v) is 11.0. The third kappa shape index (κ3) is 2.90. The maximum absolute atomic E-state index is 11.0. The third-order valence-electron chi connectivity index (χ3n) is 3.04. The van der Waals surface area contributed by atoms with Crippen LogP contribution in [0.3, 0.4) is 0 Å². The lowest BCUT2D eigenvalue weighted by atomic mass is 10.1. The van der Waals surface area contributed by atoms with Crippen molar-refractivity contribution < 1.29 is 4.92 Å². The van der Waals surface area contributed by atoms with E-state index in [2.05, 4.69) is 10.4 Å². The second-order valence-corrected chi connectivity index (χ2v) is 4.35. The molecule has 6 nitrogen and oxygen atoms in total. The van der Waals surface area contributed by atoms with Crippen molar-refractivity contribution in [3.05, 3.63) is 51.8 Å². The normalized spacial score (nSPS) is 10.4. The highest BCUT2D eigenvalue weighted by Gasteiger charge is 2.16. The number of hydrogen-bond donors (Lipinski definition) is 1. The van der Waals surface area contributed by atoms with Crippen LogP contribution < -0.4 is 5.32 Å². The summed E-state index contributed by atoms with van der Waals surface area (Å²) in [7, 11) is 1.88. The van der Waals surface area contributed by atoms with Crippen LogP contribution in [0.15, 0.2) is 30.5 Å². The second kappa shape index (κ2) is 5.51. The van der Waals surface area contributed by atoms with E-state index in [1.807, 2.05) is 19.2 Å². The first-order chi connectivity index (χ1) is 9.09.